The molecule has 2 rings (SSSR count). The van der Waals surface area contributed by atoms with Crippen molar-refractivity contribution >= 4 is 33.3 Å². The van der Waals surface area contributed by atoms with Crippen LogP contribution in [-0.4, -0.2) is 44.1 Å². The van der Waals surface area contributed by atoms with Gasteiger partial charge in [0.1, 0.15) is 21.2 Å². The Balaban J connectivity index is 2.34. The molecule has 1 amide bonds. The molecule has 1 aromatic carbocycles. The van der Waals surface area contributed by atoms with E-state index in [0.717, 1.165) is 18.4 Å². The Morgan fingerprint density at radius 3 is 2.55 bits per heavy atom. The summed E-state index contributed by atoms with van der Waals surface area (Å²) in [5.41, 5.74) is 6.31. The molecule has 0 saturated carbocycles. The van der Waals surface area contributed by atoms with Crippen LogP contribution in [0.4, 0.5) is 24.5 Å². The molecule has 31 heavy (non-hydrogen) atoms. The largest absolute Gasteiger partial charge is 0.433 e. The first-order valence-electron chi connectivity index (χ1n) is 9.24. The quantitative estimate of drug-likeness (QED) is 0.489. The predicted molar refractivity (Wildman–Crippen MR) is 114 cm³/mol. The number of nitrogens with two attached hydrogens (primary N) is 1. The second-order valence-electron chi connectivity index (χ2n) is 7.25. The third kappa shape index (κ3) is 7.06. The number of sulfone groups is 1. The standard InChI is InChI=1S/C20H23F3N4O3S/c1-12(2)14-10-15(24)13(11-25-7-8-31(3,29)30)9-17(14)27-19(28)16-5-4-6-18(26-16)20(21,22)23/h4-6,9-12H,7-8,24H2,1-3H3,(H,27,28). The Morgan fingerprint density at radius 2 is 1.97 bits per heavy atom. The number of aromatic nitrogens is 1. The van der Waals surface area contributed by atoms with Gasteiger partial charge in [0.2, 0.25) is 0 Å². The molecule has 0 aliphatic carbocycles. The summed E-state index contributed by atoms with van der Waals surface area (Å²) >= 11 is 0. The van der Waals surface area contributed by atoms with Crippen molar-refractivity contribution in [3.8, 4) is 0 Å². The maximum Gasteiger partial charge on any atom is 0.433 e. The highest BCUT2D eigenvalue weighted by Crippen LogP contribution is 2.30. The van der Waals surface area contributed by atoms with E-state index in [1.165, 1.54) is 12.3 Å². The first-order valence-corrected chi connectivity index (χ1v) is 11.3. The Morgan fingerprint density at radius 1 is 1.29 bits per heavy atom. The topological polar surface area (TPSA) is 115 Å². The molecule has 0 bridgehead atoms. The van der Waals surface area contributed by atoms with Gasteiger partial charge in [0.25, 0.3) is 5.91 Å². The van der Waals surface area contributed by atoms with Gasteiger partial charge >= 0.3 is 6.18 Å². The zero-order valence-electron chi connectivity index (χ0n) is 17.2. The fraction of sp³-hybridized carbons (Fsp3) is 0.350. The van der Waals surface area contributed by atoms with Crippen LogP contribution < -0.4 is 11.1 Å². The Hall–Kier alpha value is -2.95. The molecule has 0 fully saturated rings. The van der Waals surface area contributed by atoms with Crippen LogP contribution in [0.25, 0.3) is 0 Å². The Labute approximate surface area is 178 Å². The van der Waals surface area contributed by atoms with Crippen LogP contribution in [0.1, 0.15) is 47.1 Å². The molecule has 3 N–H and O–H groups in total. The lowest BCUT2D eigenvalue weighted by molar-refractivity contribution is -0.141. The smallest absolute Gasteiger partial charge is 0.398 e. The molecule has 1 aromatic heterocycles. The number of nitrogen functional groups attached to an aromatic ring is 1. The maximum absolute atomic E-state index is 12.9. The summed E-state index contributed by atoms with van der Waals surface area (Å²) in [5.74, 6) is -0.987. The van der Waals surface area contributed by atoms with Crippen LogP contribution in [0.15, 0.2) is 35.3 Å². The van der Waals surface area contributed by atoms with E-state index in [1.54, 1.807) is 12.1 Å². The minimum atomic E-state index is -4.67. The van der Waals surface area contributed by atoms with Crippen LogP contribution in [0.5, 0.6) is 0 Å². The monoisotopic (exact) mass is 456 g/mol. The summed E-state index contributed by atoms with van der Waals surface area (Å²) in [6.07, 6.45) is -2.18. The SMILES string of the molecule is CC(C)c1cc(N)c(C=NCCS(C)(=O)=O)cc1NC(=O)c1cccc(C(F)(F)F)n1. The van der Waals surface area contributed by atoms with Gasteiger partial charge in [-0.2, -0.15) is 13.2 Å². The van der Waals surface area contributed by atoms with Crippen LogP contribution >= 0.6 is 0 Å². The number of nitrogens with one attached hydrogen (secondary N) is 1. The van der Waals surface area contributed by atoms with Crippen molar-refractivity contribution in [1.82, 2.24) is 4.98 Å². The summed E-state index contributed by atoms with van der Waals surface area (Å²) in [7, 11) is -3.16. The van der Waals surface area contributed by atoms with E-state index in [9.17, 15) is 26.4 Å². The minimum absolute atomic E-state index is 0.0417. The first kappa shape index (κ1) is 24.3. The molecule has 0 saturated heterocycles. The molecule has 0 atom stereocenters. The fourth-order valence-electron chi connectivity index (χ4n) is 2.64. The normalized spacial score (nSPS) is 12.5. The lowest BCUT2D eigenvalue weighted by Gasteiger charge is -2.16. The van der Waals surface area contributed by atoms with E-state index >= 15 is 0 Å². The summed E-state index contributed by atoms with van der Waals surface area (Å²) in [6, 6.07) is 6.25. The molecular formula is C20H23F3N4O3S. The van der Waals surface area contributed by atoms with Crippen LogP contribution in [0.3, 0.4) is 0 Å². The molecule has 0 aliphatic rings. The van der Waals surface area contributed by atoms with E-state index in [4.69, 9.17) is 5.73 Å². The highest BCUT2D eigenvalue weighted by Gasteiger charge is 2.33. The number of anilines is 2. The number of nitrogens with zero attached hydrogens (tertiary/aromatic N) is 2. The molecular weight excluding hydrogens is 433 g/mol. The van der Waals surface area contributed by atoms with Crippen LogP contribution in [0, 0.1) is 0 Å². The molecule has 11 heteroatoms. The van der Waals surface area contributed by atoms with Crippen molar-refractivity contribution in [3.05, 3.63) is 52.8 Å². The molecule has 168 valence electrons. The first-order chi connectivity index (χ1) is 14.3. The average molecular weight is 456 g/mol. The van der Waals surface area contributed by atoms with Crippen molar-refractivity contribution in [3.63, 3.8) is 0 Å². The third-order valence-corrected chi connectivity index (χ3v) is 5.14. The van der Waals surface area contributed by atoms with Crippen molar-refractivity contribution in [2.24, 2.45) is 4.99 Å². The number of hydrogen-bond donors (Lipinski definition) is 2. The highest BCUT2D eigenvalue weighted by atomic mass is 32.2. The summed E-state index contributed by atoms with van der Waals surface area (Å²) in [5, 5.41) is 2.59. The van der Waals surface area contributed by atoms with E-state index in [1.807, 2.05) is 13.8 Å². The summed E-state index contributed by atoms with van der Waals surface area (Å²) in [6.45, 7) is 3.78. The number of carbonyl (C=O) groups is 1. The zero-order valence-corrected chi connectivity index (χ0v) is 18.0. The number of pyridine rings is 1. The number of hydrogen-bond acceptors (Lipinski definition) is 6. The summed E-state index contributed by atoms with van der Waals surface area (Å²) in [4.78, 5) is 20.0. The van der Waals surface area contributed by atoms with Gasteiger partial charge in [-0.15, -0.1) is 0 Å². The molecule has 0 unspecified atom stereocenters. The number of aliphatic imine (C=N–C) groups is 1. The van der Waals surface area contributed by atoms with Gasteiger partial charge < -0.3 is 11.1 Å². The zero-order chi connectivity index (χ0) is 23.4. The van der Waals surface area contributed by atoms with Gasteiger partial charge in [0.05, 0.1) is 12.3 Å². The van der Waals surface area contributed by atoms with Gasteiger partial charge in [0, 0.05) is 29.4 Å². The predicted octanol–water partition coefficient (Wildman–Crippen LogP) is 3.52. The molecule has 0 aliphatic heterocycles. The lowest BCUT2D eigenvalue weighted by Crippen LogP contribution is -2.18. The van der Waals surface area contributed by atoms with Crippen molar-refractivity contribution in [2.75, 3.05) is 29.6 Å². The maximum atomic E-state index is 12.9. The van der Waals surface area contributed by atoms with E-state index in [-0.39, 0.29) is 23.9 Å². The lowest BCUT2D eigenvalue weighted by atomic mass is 9.97. The van der Waals surface area contributed by atoms with Gasteiger partial charge in [-0.1, -0.05) is 19.9 Å². The van der Waals surface area contributed by atoms with Crippen LogP contribution in [0.2, 0.25) is 0 Å². The molecule has 1 heterocycles. The van der Waals surface area contributed by atoms with Gasteiger partial charge in [-0.25, -0.2) is 13.4 Å². The van der Waals surface area contributed by atoms with E-state index in [0.29, 0.717) is 22.5 Å². The number of amides is 1. The highest BCUT2D eigenvalue weighted by molar-refractivity contribution is 7.90. The second-order valence-corrected chi connectivity index (χ2v) is 9.51. The number of carbonyl (C=O) groups excluding carboxylic acids is 1. The third-order valence-electron chi connectivity index (χ3n) is 4.22. The number of alkyl halides is 3. The van der Waals surface area contributed by atoms with Gasteiger partial charge in [0.15, 0.2) is 0 Å². The minimum Gasteiger partial charge on any atom is -0.398 e. The number of halogens is 3. The molecule has 7 nitrogen and oxygen atoms in total. The number of benzene rings is 1. The van der Waals surface area contributed by atoms with Crippen molar-refractivity contribution in [1.29, 1.82) is 0 Å². The van der Waals surface area contributed by atoms with E-state index in [2.05, 4.69) is 15.3 Å². The molecule has 0 radical (unpaired) electrons. The number of rotatable bonds is 7. The van der Waals surface area contributed by atoms with Crippen molar-refractivity contribution < 1.29 is 26.4 Å². The second kappa shape index (κ2) is 9.46. The molecule has 0 spiro atoms. The Bertz CT molecular complexity index is 1100. The van der Waals surface area contributed by atoms with Gasteiger partial charge in [-0.3, -0.25) is 9.79 Å². The van der Waals surface area contributed by atoms with E-state index < -0.39 is 27.6 Å². The van der Waals surface area contributed by atoms with Crippen LogP contribution in [-0.2, 0) is 16.0 Å². The van der Waals surface area contributed by atoms with Gasteiger partial charge in [-0.05, 0) is 35.7 Å². The average Bonchev–Trinajstić information content (AvgIpc) is 2.65. The van der Waals surface area contributed by atoms with Crippen molar-refractivity contribution in [2.45, 2.75) is 25.9 Å². The summed E-state index contributed by atoms with van der Waals surface area (Å²) < 4.78 is 61.1. The molecule has 2 aromatic rings. The fourth-order valence-corrected chi connectivity index (χ4v) is 3.07. The Kier molecular flexibility index (Phi) is 7.42.